The fourth-order valence-corrected chi connectivity index (χ4v) is 1.78. The highest BCUT2D eigenvalue weighted by Crippen LogP contribution is 2.11. The van der Waals surface area contributed by atoms with E-state index in [0.717, 1.165) is 11.5 Å². The van der Waals surface area contributed by atoms with Crippen LogP contribution in [0.25, 0.3) is 5.65 Å². The Kier molecular flexibility index (Phi) is 3.24. The number of imidazole rings is 1. The molecule has 0 aliphatic heterocycles. The molecule has 2 aromatic heterocycles. The molecule has 0 aromatic carbocycles. The lowest BCUT2D eigenvalue weighted by molar-refractivity contribution is 0.678. The van der Waals surface area contributed by atoms with Crippen LogP contribution in [-0.4, -0.2) is 31.6 Å². The quantitative estimate of drug-likeness (QED) is 0.877. The van der Waals surface area contributed by atoms with Gasteiger partial charge in [-0.25, -0.2) is 4.98 Å². The van der Waals surface area contributed by atoms with Gasteiger partial charge in [-0.1, -0.05) is 6.07 Å². The van der Waals surface area contributed by atoms with Gasteiger partial charge in [0.2, 0.25) is 0 Å². The minimum absolute atomic E-state index is 0.138. The van der Waals surface area contributed by atoms with Crippen LogP contribution in [0.3, 0.4) is 0 Å². The van der Waals surface area contributed by atoms with E-state index in [4.69, 9.17) is 0 Å². The maximum atomic E-state index is 11.2. The summed E-state index contributed by atoms with van der Waals surface area (Å²) in [6.07, 6.45) is 5.40. The first kappa shape index (κ1) is 11.1. The average molecular weight is 237 g/mol. The van der Waals surface area contributed by atoms with Crippen LogP contribution in [0.5, 0.6) is 0 Å². The number of nitrogens with zero attached hydrogens (tertiary/aromatic N) is 2. The summed E-state index contributed by atoms with van der Waals surface area (Å²) in [5.74, 6) is 0.979. The van der Waals surface area contributed by atoms with Gasteiger partial charge >= 0.3 is 0 Å². The third kappa shape index (κ3) is 2.24. The van der Waals surface area contributed by atoms with Crippen LogP contribution >= 0.6 is 0 Å². The van der Waals surface area contributed by atoms with Gasteiger partial charge in [0.1, 0.15) is 11.5 Å². The molecule has 2 heterocycles. The van der Waals surface area contributed by atoms with Gasteiger partial charge in [-0.05, 0) is 19.1 Å². The summed E-state index contributed by atoms with van der Waals surface area (Å²) >= 11 is 0. The highest BCUT2D eigenvalue weighted by atomic mass is 32.2. The van der Waals surface area contributed by atoms with E-state index in [1.54, 1.807) is 12.5 Å². The molecule has 4 nitrogen and oxygen atoms in total. The molecule has 5 heteroatoms. The first-order chi connectivity index (χ1) is 7.68. The third-order valence-electron chi connectivity index (χ3n) is 2.57. The summed E-state index contributed by atoms with van der Waals surface area (Å²) in [6, 6.07) is 5.89. The minimum atomic E-state index is -0.795. The van der Waals surface area contributed by atoms with Crippen molar-refractivity contribution in [1.82, 2.24) is 9.38 Å². The second-order valence-corrected chi connectivity index (χ2v) is 5.56. The zero-order valence-corrected chi connectivity index (χ0v) is 10.2. The fourth-order valence-electron chi connectivity index (χ4n) is 1.46. The largest absolute Gasteiger partial charge is 0.370 e. The summed E-state index contributed by atoms with van der Waals surface area (Å²) in [7, 11) is -0.795. The monoisotopic (exact) mass is 237 g/mol. The van der Waals surface area contributed by atoms with Crippen molar-refractivity contribution in [3.63, 3.8) is 0 Å². The number of pyridine rings is 1. The normalized spacial score (nSPS) is 14.9. The van der Waals surface area contributed by atoms with Gasteiger partial charge < -0.3 is 5.32 Å². The average Bonchev–Trinajstić information content (AvgIpc) is 2.73. The molecule has 0 amide bonds. The lowest BCUT2D eigenvalue weighted by Crippen LogP contribution is -2.21. The van der Waals surface area contributed by atoms with Crippen LogP contribution in [0, 0.1) is 0 Å². The maximum Gasteiger partial charge on any atom is 0.138 e. The smallest absolute Gasteiger partial charge is 0.138 e. The van der Waals surface area contributed by atoms with Crippen molar-refractivity contribution in [2.24, 2.45) is 0 Å². The van der Waals surface area contributed by atoms with Crippen molar-refractivity contribution >= 4 is 22.3 Å². The lowest BCUT2D eigenvalue weighted by atomic mass is 10.4. The Bertz CT molecular complexity index is 509. The molecular weight excluding hydrogens is 222 g/mol. The van der Waals surface area contributed by atoms with E-state index in [9.17, 15) is 4.21 Å². The molecule has 0 fully saturated rings. The van der Waals surface area contributed by atoms with E-state index in [1.165, 1.54) is 0 Å². The van der Waals surface area contributed by atoms with Crippen molar-refractivity contribution in [2.45, 2.75) is 12.2 Å². The highest BCUT2D eigenvalue weighted by Gasteiger charge is 2.06. The molecule has 0 aliphatic carbocycles. The van der Waals surface area contributed by atoms with Crippen molar-refractivity contribution in [2.75, 3.05) is 18.1 Å². The van der Waals surface area contributed by atoms with E-state index < -0.39 is 10.8 Å². The van der Waals surface area contributed by atoms with Crippen molar-refractivity contribution < 1.29 is 4.21 Å². The maximum absolute atomic E-state index is 11.2. The second-order valence-electron chi connectivity index (χ2n) is 3.76. The van der Waals surface area contributed by atoms with Crippen LogP contribution in [0.1, 0.15) is 6.92 Å². The molecule has 2 unspecified atom stereocenters. The van der Waals surface area contributed by atoms with Crippen LogP contribution in [0.4, 0.5) is 5.82 Å². The summed E-state index contributed by atoms with van der Waals surface area (Å²) in [5.41, 5.74) is 0.912. The van der Waals surface area contributed by atoms with Crippen molar-refractivity contribution in [3.05, 3.63) is 30.6 Å². The predicted molar refractivity (Wildman–Crippen MR) is 67.2 cm³/mol. The van der Waals surface area contributed by atoms with E-state index in [2.05, 4.69) is 10.3 Å². The second kappa shape index (κ2) is 4.65. The molecule has 2 atom stereocenters. The van der Waals surface area contributed by atoms with E-state index in [1.807, 2.05) is 35.7 Å². The first-order valence-corrected chi connectivity index (χ1v) is 6.79. The number of rotatable bonds is 4. The van der Waals surface area contributed by atoms with Gasteiger partial charge in [0, 0.05) is 41.2 Å². The Labute approximate surface area is 97.2 Å². The molecule has 0 bridgehead atoms. The summed E-state index contributed by atoms with van der Waals surface area (Å²) < 4.78 is 13.2. The predicted octanol–water partition coefficient (Wildman–Crippen LogP) is 1.51. The van der Waals surface area contributed by atoms with E-state index >= 15 is 0 Å². The Hall–Kier alpha value is -1.36. The lowest BCUT2D eigenvalue weighted by Gasteiger charge is -2.12. The number of nitrogens with one attached hydrogen (secondary N) is 1. The number of aromatic nitrogens is 2. The first-order valence-electron chi connectivity index (χ1n) is 5.16. The molecule has 0 saturated carbocycles. The van der Waals surface area contributed by atoms with Crippen LogP contribution in [0.15, 0.2) is 30.6 Å². The Balaban J connectivity index is 2.15. The van der Waals surface area contributed by atoms with E-state index in [0.29, 0.717) is 6.54 Å². The molecule has 0 saturated heterocycles. The Morgan fingerprint density at radius 2 is 2.38 bits per heavy atom. The molecule has 1 N–H and O–H groups in total. The van der Waals surface area contributed by atoms with Gasteiger partial charge in [-0.2, -0.15) is 0 Å². The summed E-state index contributed by atoms with van der Waals surface area (Å²) in [5, 5.41) is 3.42. The molecule has 0 radical (unpaired) electrons. The molecule has 0 spiro atoms. The van der Waals surface area contributed by atoms with Gasteiger partial charge in [-0.15, -0.1) is 0 Å². The molecule has 16 heavy (non-hydrogen) atoms. The molecule has 2 aromatic rings. The van der Waals surface area contributed by atoms with Gasteiger partial charge in [-0.3, -0.25) is 8.61 Å². The zero-order valence-electron chi connectivity index (χ0n) is 9.38. The molecule has 2 rings (SSSR count). The van der Waals surface area contributed by atoms with Crippen molar-refractivity contribution in [1.29, 1.82) is 0 Å². The molecular formula is C11H15N3OS. The third-order valence-corrected chi connectivity index (χ3v) is 3.87. The van der Waals surface area contributed by atoms with Crippen LogP contribution < -0.4 is 5.32 Å². The van der Waals surface area contributed by atoms with Gasteiger partial charge in [0.05, 0.1) is 0 Å². The highest BCUT2D eigenvalue weighted by molar-refractivity contribution is 7.84. The van der Waals surface area contributed by atoms with E-state index in [-0.39, 0.29) is 5.25 Å². The number of hydrogen-bond donors (Lipinski definition) is 1. The van der Waals surface area contributed by atoms with Crippen molar-refractivity contribution in [3.8, 4) is 0 Å². The molecule has 86 valence electrons. The minimum Gasteiger partial charge on any atom is -0.370 e. The Morgan fingerprint density at radius 1 is 1.56 bits per heavy atom. The zero-order chi connectivity index (χ0) is 11.5. The topological polar surface area (TPSA) is 46.4 Å². The number of anilines is 1. The van der Waals surface area contributed by atoms with Gasteiger partial charge in [0.15, 0.2) is 0 Å². The Morgan fingerprint density at radius 3 is 3.12 bits per heavy atom. The van der Waals surface area contributed by atoms with Crippen LogP contribution in [0.2, 0.25) is 0 Å². The fraction of sp³-hybridized carbons (Fsp3) is 0.364. The number of hydrogen-bond acceptors (Lipinski definition) is 3. The molecule has 0 aliphatic rings. The standard InChI is InChI=1S/C11H15N3OS/c1-9(16(2)15)8-13-11-5-3-4-10-12-6-7-14(10)11/h3-7,9,13H,8H2,1-2H3. The van der Waals surface area contributed by atoms with Gasteiger partial charge in [0.25, 0.3) is 0 Å². The SMILES string of the molecule is CC(CNc1cccc2nccn12)S(C)=O. The number of fused-ring (bicyclic) bond motifs is 1. The summed E-state index contributed by atoms with van der Waals surface area (Å²) in [6.45, 7) is 2.66. The van der Waals surface area contributed by atoms with Crippen LogP contribution in [-0.2, 0) is 10.8 Å². The summed E-state index contributed by atoms with van der Waals surface area (Å²) in [4.78, 5) is 4.20.